The van der Waals surface area contributed by atoms with Gasteiger partial charge in [0.1, 0.15) is 0 Å². The van der Waals surface area contributed by atoms with Crippen LogP contribution in [0.4, 0.5) is 10.5 Å². The van der Waals surface area contributed by atoms with Gasteiger partial charge < -0.3 is 15.2 Å². The third-order valence-electron chi connectivity index (χ3n) is 4.11. The van der Waals surface area contributed by atoms with E-state index < -0.39 is 11.5 Å². The molecule has 2 aromatic carbocycles. The zero-order chi connectivity index (χ0) is 19.0. The first-order valence-corrected chi connectivity index (χ1v) is 8.34. The van der Waals surface area contributed by atoms with Gasteiger partial charge in [-0.2, -0.15) is 0 Å². The second kappa shape index (κ2) is 9.01. The molecule has 1 unspecified atom stereocenters. The van der Waals surface area contributed by atoms with E-state index in [-0.39, 0.29) is 12.5 Å². The minimum atomic E-state index is -0.568. The number of aliphatic hydroxyl groups is 1. The zero-order valence-corrected chi connectivity index (χ0v) is 15.0. The van der Waals surface area contributed by atoms with Crippen LogP contribution in [0.25, 0.3) is 0 Å². The van der Waals surface area contributed by atoms with Gasteiger partial charge in [0, 0.05) is 23.2 Å². The molecule has 0 spiro atoms. The predicted octanol–water partition coefficient (Wildman–Crippen LogP) is 2.84. The Morgan fingerprint density at radius 2 is 1.73 bits per heavy atom. The molecule has 0 saturated heterocycles. The summed E-state index contributed by atoms with van der Waals surface area (Å²) >= 11 is 0. The molecule has 0 aliphatic carbocycles. The van der Waals surface area contributed by atoms with E-state index in [0.29, 0.717) is 24.2 Å². The summed E-state index contributed by atoms with van der Waals surface area (Å²) in [7, 11) is 1.28. The maximum Gasteiger partial charge on any atom is 0.411 e. The van der Waals surface area contributed by atoms with Crippen molar-refractivity contribution >= 4 is 17.7 Å². The monoisotopic (exact) mass is 356 g/mol. The third-order valence-corrected chi connectivity index (χ3v) is 4.11. The van der Waals surface area contributed by atoms with E-state index in [1.54, 1.807) is 24.3 Å². The summed E-state index contributed by atoms with van der Waals surface area (Å²) in [5, 5.41) is 15.2. The number of hydrogen-bond donors (Lipinski definition) is 3. The number of benzene rings is 2. The first kappa shape index (κ1) is 19.5. The molecule has 0 aromatic heterocycles. The number of carbonyl (C=O) groups is 2. The molecule has 2 rings (SSSR count). The summed E-state index contributed by atoms with van der Waals surface area (Å²) in [4.78, 5) is 23.5. The maximum atomic E-state index is 12.3. The van der Waals surface area contributed by atoms with Crippen molar-refractivity contribution in [3.05, 3.63) is 65.7 Å². The number of methoxy groups -OCH3 is 1. The molecular weight excluding hydrogens is 332 g/mol. The molecule has 2 aromatic rings. The van der Waals surface area contributed by atoms with Gasteiger partial charge in [0.2, 0.25) is 0 Å². The minimum Gasteiger partial charge on any atom is -0.453 e. The van der Waals surface area contributed by atoms with Crippen molar-refractivity contribution in [2.24, 2.45) is 5.41 Å². The van der Waals surface area contributed by atoms with Gasteiger partial charge in [0.25, 0.3) is 5.91 Å². The summed E-state index contributed by atoms with van der Waals surface area (Å²) in [6, 6.07) is 16.3. The molecule has 0 saturated carbocycles. The standard InChI is InChI=1S/C20H24N2O4/c1-20(14-23,12-15-6-4-3-5-7-15)13-21-18(24)16-8-10-17(11-9-16)22-19(25)26-2/h3-11,23H,12-14H2,1-2H3,(H,21,24)(H,22,25). The van der Waals surface area contributed by atoms with E-state index >= 15 is 0 Å². The van der Waals surface area contributed by atoms with Crippen molar-refractivity contribution < 1.29 is 19.4 Å². The summed E-state index contributed by atoms with van der Waals surface area (Å²) in [5.41, 5.74) is 1.67. The fourth-order valence-electron chi connectivity index (χ4n) is 2.53. The van der Waals surface area contributed by atoms with Gasteiger partial charge in [0.15, 0.2) is 0 Å². The van der Waals surface area contributed by atoms with Crippen LogP contribution in [0, 0.1) is 5.41 Å². The van der Waals surface area contributed by atoms with Gasteiger partial charge in [-0.05, 0) is 36.2 Å². The molecule has 26 heavy (non-hydrogen) atoms. The summed E-state index contributed by atoms with van der Waals surface area (Å²) in [6.07, 6.45) is 0.0916. The molecule has 0 radical (unpaired) electrons. The fraction of sp³-hybridized carbons (Fsp3) is 0.300. The van der Waals surface area contributed by atoms with E-state index in [1.165, 1.54) is 7.11 Å². The van der Waals surface area contributed by atoms with E-state index in [0.717, 1.165) is 5.56 Å². The lowest BCUT2D eigenvalue weighted by Gasteiger charge is -2.27. The van der Waals surface area contributed by atoms with Gasteiger partial charge in [0.05, 0.1) is 13.7 Å². The number of carbonyl (C=O) groups excluding carboxylic acids is 2. The van der Waals surface area contributed by atoms with Crippen molar-refractivity contribution in [1.29, 1.82) is 0 Å². The normalized spacial score (nSPS) is 12.7. The number of ether oxygens (including phenoxy) is 1. The van der Waals surface area contributed by atoms with Crippen molar-refractivity contribution in [3.8, 4) is 0 Å². The number of aliphatic hydroxyl groups excluding tert-OH is 1. The maximum absolute atomic E-state index is 12.3. The Bertz CT molecular complexity index is 731. The van der Waals surface area contributed by atoms with Crippen molar-refractivity contribution in [3.63, 3.8) is 0 Å². The number of amides is 2. The van der Waals surface area contributed by atoms with Crippen molar-refractivity contribution in [1.82, 2.24) is 5.32 Å². The van der Waals surface area contributed by atoms with E-state index in [1.807, 2.05) is 37.3 Å². The van der Waals surface area contributed by atoms with Crippen LogP contribution in [0.15, 0.2) is 54.6 Å². The van der Waals surface area contributed by atoms with E-state index in [4.69, 9.17) is 0 Å². The van der Waals surface area contributed by atoms with E-state index in [9.17, 15) is 14.7 Å². The Morgan fingerprint density at radius 1 is 1.08 bits per heavy atom. The summed E-state index contributed by atoms with van der Waals surface area (Å²) in [6.45, 7) is 2.24. The Labute approximate surface area is 153 Å². The molecule has 0 aliphatic rings. The third kappa shape index (κ3) is 5.60. The van der Waals surface area contributed by atoms with Crippen LogP contribution in [-0.4, -0.2) is 37.4 Å². The first-order valence-electron chi connectivity index (χ1n) is 8.34. The van der Waals surface area contributed by atoms with Crippen LogP contribution in [0.2, 0.25) is 0 Å². The van der Waals surface area contributed by atoms with Crippen LogP contribution < -0.4 is 10.6 Å². The topological polar surface area (TPSA) is 87.7 Å². The number of nitrogens with one attached hydrogen (secondary N) is 2. The van der Waals surface area contributed by atoms with Gasteiger partial charge in [-0.3, -0.25) is 10.1 Å². The Kier molecular flexibility index (Phi) is 6.74. The summed E-state index contributed by atoms with van der Waals surface area (Å²) < 4.78 is 4.52. The Hall–Kier alpha value is -2.86. The van der Waals surface area contributed by atoms with Gasteiger partial charge >= 0.3 is 6.09 Å². The second-order valence-electron chi connectivity index (χ2n) is 6.51. The molecule has 0 fully saturated rings. The Morgan fingerprint density at radius 3 is 2.31 bits per heavy atom. The van der Waals surface area contributed by atoms with Crippen LogP contribution in [0.5, 0.6) is 0 Å². The number of rotatable bonds is 7. The number of hydrogen-bond acceptors (Lipinski definition) is 4. The number of anilines is 1. The fourth-order valence-corrected chi connectivity index (χ4v) is 2.53. The molecule has 0 bridgehead atoms. The molecule has 6 heteroatoms. The average Bonchev–Trinajstić information content (AvgIpc) is 2.67. The van der Waals surface area contributed by atoms with Crippen molar-refractivity contribution in [2.75, 3.05) is 25.6 Å². The van der Waals surface area contributed by atoms with Crippen LogP contribution in [0.3, 0.4) is 0 Å². The molecule has 1 atom stereocenters. The van der Waals surface area contributed by atoms with Crippen LogP contribution in [0.1, 0.15) is 22.8 Å². The quantitative estimate of drug-likeness (QED) is 0.712. The van der Waals surface area contributed by atoms with Crippen molar-refractivity contribution in [2.45, 2.75) is 13.3 Å². The lowest BCUT2D eigenvalue weighted by molar-refractivity contribution is 0.0895. The molecule has 2 amide bonds. The lowest BCUT2D eigenvalue weighted by atomic mass is 9.84. The molecule has 138 valence electrons. The van der Waals surface area contributed by atoms with E-state index in [2.05, 4.69) is 15.4 Å². The second-order valence-corrected chi connectivity index (χ2v) is 6.51. The molecule has 3 N–H and O–H groups in total. The van der Waals surface area contributed by atoms with Gasteiger partial charge in [-0.25, -0.2) is 4.79 Å². The molecule has 0 heterocycles. The highest BCUT2D eigenvalue weighted by atomic mass is 16.5. The highest BCUT2D eigenvalue weighted by Crippen LogP contribution is 2.21. The largest absolute Gasteiger partial charge is 0.453 e. The predicted molar refractivity (Wildman–Crippen MR) is 100 cm³/mol. The Balaban J connectivity index is 1.94. The minimum absolute atomic E-state index is 0.0375. The SMILES string of the molecule is COC(=O)Nc1ccc(C(=O)NCC(C)(CO)Cc2ccccc2)cc1. The van der Waals surface area contributed by atoms with Crippen LogP contribution >= 0.6 is 0 Å². The molecule has 6 nitrogen and oxygen atoms in total. The molecule has 0 aliphatic heterocycles. The average molecular weight is 356 g/mol. The highest BCUT2D eigenvalue weighted by molar-refractivity contribution is 5.95. The summed E-state index contributed by atoms with van der Waals surface area (Å²) in [5.74, 6) is -0.234. The highest BCUT2D eigenvalue weighted by Gasteiger charge is 2.25. The first-order chi connectivity index (χ1) is 12.5. The van der Waals surface area contributed by atoms with Crippen LogP contribution in [-0.2, 0) is 11.2 Å². The van der Waals surface area contributed by atoms with Gasteiger partial charge in [-0.1, -0.05) is 37.3 Å². The lowest BCUT2D eigenvalue weighted by Crippen LogP contribution is -2.39. The zero-order valence-electron chi connectivity index (χ0n) is 15.0. The smallest absolute Gasteiger partial charge is 0.411 e. The molecular formula is C20H24N2O4. The van der Waals surface area contributed by atoms with Gasteiger partial charge in [-0.15, -0.1) is 0 Å².